The van der Waals surface area contributed by atoms with E-state index in [9.17, 15) is 8.42 Å². The fourth-order valence-corrected chi connectivity index (χ4v) is 4.54. The van der Waals surface area contributed by atoms with Crippen LogP contribution in [0.2, 0.25) is 5.02 Å². The molecule has 2 aromatic carbocycles. The highest BCUT2D eigenvalue weighted by Crippen LogP contribution is 2.24. The highest BCUT2D eigenvalue weighted by Gasteiger charge is 2.24. The number of nitrogens with zero attached hydrogens (tertiary/aromatic N) is 1. The highest BCUT2D eigenvalue weighted by molar-refractivity contribution is 7.89. The number of sulfonamides is 1. The zero-order valence-electron chi connectivity index (χ0n) is 17.4. The van der Waals surface area contributed by atoms with Crippen LogP contribution in [0.1, 0.15) is 23.8 Å². The predicted octanol–water partition coefficient (Wildman–Crippen LogP) is 4.49. The molecule has 1 aromatic heterocycles. The summed E-state index contributed by atoms with van der Waals surface area (Å²) in [5.41, 5.74) is 1.02. The van der Waals surface area contributed by atoms with Crippen LogP contribution in [-0.2, 0) is 21.3 Å². The van der Waals surface area contributed by atoms with Crippen molar-refractivity contribution in [2.45, 2.75) is 23.9 Å². The van der Waals surface area contributed by atoms with Gasteiger partial charge >= 0.3 is 0 Å². The molecule has 0 aliphatic rings. The largest absolute Gasteiger partial charge is 0.468 e. The molecule has 31 heavy (non-hydrogen) atoms. The van der Waals surface area contributed by atoms with Crippen LogP contribution in [-0.4, -0.2) is 40.1 Å². The zero-order valence-corrected chi connectivity index (χ0v) is 19.0. The summed E-state index contributed by atoms with van der Waals surface area (Å²) in [4.78, 5) is 2.39. The Bertz CT molecular complexity index is 1010. The summed E-state index contributed by atoms with van der Waals surface area (Å²) in [6.45, 7) is 2.10. The van der Waals surface area contributed by atoms with E-state index >= 15 is 0 Å². The molecule has 1 heterocycles. The number of ether oxygens (including phenoxy) is 1. The molecular formula is C23H27ClN2O4S. The molecule has 0 amide bonds. The molecular weight excluding hydrogens is 436 g/mol. The molecule has 3 aromatic rings. The fourth-order valence-electron chi connectivity index (χ4n) is 3.38. The monoisotopic (exact) mass is 462 g/mol. The molecule has 0 unspecified atom stereocenters. The van der Waals surface area contributed by atoms with E-state index in [1.54, 1.807) is 25.5 Å². The molecule has 0 bridgehead atoms. The van der Waals surface area contributed by atoms with Crippen LogP contribution >= 0.6 is 11.6 Å². The minimum Gasteiger partial charge on any atom is -0.468 e. The van der Waals surface area contributed by atoms with Gasteiger partial charge in [0.05, 0.1) is 17.7 Å². The van der Waals surface area contributed by atoms with Crippen molar-refractivity contribution in [3.8, 4) is 0 Å². The lowest BCUT2D eigenvalue weighted by molar-refractivity contribution is 0.137. The Kier molecular flexibility index (Phi) is 8.69. The third kappa shape index (κ3) is 6.92. The first kappa shape index (κ1) is 23.5. The van der Waals surface area contributed by atoms with Crippen LogP contribution in [0, 0.1) is 0 Å². The lowest BCUT2D eigenvalue weighted by Gasteiger charge is -2.31. The van der Waals surface area contributed by atoms with Crippen molar-refractivity contribution >= 4 is 21.6 Å². The number of rotatable bonds is 12. The molecule has 8 heteroatoms. The van der Waals surface area contributed by atoms with E-state index in [2.05, 4.69) is 9.62 Å². The number of halogens is 1. The minimum atomic E-state index is -3.68. The van der Waals surface area contributed by atoms with E-state index < -0.39 is 10.0 Å². The standard InChI is InChI=1S/C23H27ClN2O4S/c1-29-15-6-14-26(18-21-9-5-16-30-21)23(19-7-3-2-4-8-19)17-25-31(27,28)22-12-10-20(24)11-13-22/h2-5,7-13,16,23,25H,6,14-15,17-18H2,1H3/t23-/m1/s1. The summed E-state index contributed by atoms with van der Waals surface area (Å²) in [7, 11) is -2.01. The van der Waals surface area contributed by atoms with Gasteiger partial charge < -0.3 is 9.15 Å². The molecule has 1 N–H and O–H groups in total. The minimum absolute atomic E-state index is 0.181. The van der Waals surface area contributed by atoms with Gasteiger partial charge in [-0.1, -0.05) is 41.9 Å². The van der Waals surface area contributed by atoms with Crippen molar-refractivity contribution in [2.24, 2.45) is 0 Å². The smallest absolute Gasteiger partial charge is 0.240 e. The maximum absolute atomic E-state index is 12.9. The van der Waals surface area contributed by atoms with Crippen molar-refractivity contribution in [1.82, 2.24) is 9.62 Å². The third-order valence-electron chi connectivity index (χ3n) is 4.95. The van der Waals surface area contributed by atoms with Crippen LogP contribution < -0.4 is 4.72 Å². The van der Waals surface area contributed by atoms with Crippen LogP contribution in [0.5, 0.6) is 0 Å². The maximum Gasteiger partial charge on any atom is 0.240 e. The summed E-state index contributed by atoms with van der Waals surface area (Å²) >= 11 is 5.90. The second-order valence-corrected chi connectivity index (χ2v) is 9.33. The molecule has 0 spiro atoms. The number of nitrogens with one attached hydrogen (secondary N) is 1. The molecule has 3 rings (SSSR count). The van der Waals surface area contributed by atoms with Crippen molar-refractivity contribution < 1.29 is 17.6 Å². The van der Waals surface area contributed by atoms with Crippen molar-refractivity contribution in [2.75, 3.05) is 26.8 Å². The Morgan fingerprint density at radius 3 is 2.45 bits per heavy atom. The second-order valence-electron chi connectivity index (χ2n) is 7.13. The third-order valence-corrected chi connectivity index (χ3v) is 6.64. The molecule has 166 valence electrons. The Hall–Kier alpha value is -2.16. The van der Waals surface area contributed by atoms with Crippen LogP contribution in [0.3, 0.4) is 0 Å². The summed E-state index contributed by atoms with van der Waals surface area (Å²) in [6.07, 6.45) is 2.45. The number of methoxy groups -OCH3 is 1. The van der Waals surface area contributed by atoms with Gasteiger partial charge in [-0.3, -0.25) is 4.90 Å². The molecule has 0 saturated carbocycles. The Morgan fingerprint density at radius 2 is 1.81 bits per heavy atom. The van der Waals surface area contributed by atoms with E-state index in [1.807, 2.05) is 42.5 Å². The number of hydrogen-bond acceptors (Lipinski definition) is 5. The molecule has 0 aliphatic carbocycles. The first-order chi connectivity index (χ1) is 15.0. The molecule has 6 nitrogen and oxygen atoms in total. The average molecular weight is 463 g/mol. The van der Waals surface area contributed by atoms with Gasteiger partial charge in [-0.05, 0) is 48.4 Å². The van der Waals surface area contributed by atoms with Gasteiger partial charge in [0.15, 0.2) is 0 Å². The molecule has 0 radical (unpaired) electrons. The average Bonchev–Trinajstić information content (AvgIpc) is 3.28. The highest BCUT2D eigenvalue weighted by atomic mass is 35.5. The Balaban J connectivity index is 1.84. The van der Waals surface area contributed by atoms with E-state index in [0.717, 1.165) is 24.3 Å². The Labute approximate surface area is 188 Å². The normalized spacial score (nSPS) is 12.9. The summed E-state index contributed by atoms with van der Waals surface area (Å²) in [6, 6.07) is 19.6. The molecule has 0 aliphatic heterocycles. The number of benzene rings is 2. The Morgan fingerprint density at radius 1 is 1.06 bits per heavy atom. The van der Waals surface area contributed by atoms with Crippen molar-refractivity contribution in [1.29, 1.82) is 0 Å². The topological polar surface area (TPSA) is 71.8 Å². The molecule has 0 fully saturated rings. The van der Waals surface area contributed by atoms with E-state index in [1.165, 1.54) is 12.1 Å². The first-order valence-electron chi connectivity index (χ1n) is 10.0. The van der Waals surface area contributed by atoms with Crippen molar-refractivity contribution in [3.63, 3.8) is 0 Å². The van der Waals surface area contributed by atoms with Gasteiger partial charge in [0.25, 0.3) is 0 Å². The summed E-state index contributed by atoms with van der Waals surface area (Å²) in [5, 5.41) is 0.490. The molecule has 0 saturated heterocycles. The SMILES string of the molecule is COCCCN(Cc1ccco1)[C@H](CNS(=O)(=O)c1ccc(Cl)cc1)c1ccccc1. The van der Waals surface area contributed by atoms with Gasteiger partial charge in [-0.15, -0.1) is 0 Å². The first-order valence-corrected chi connectivity index (χ1v) is 11.9. The lowest BCUT2D eigenvalue weighted by Crippen LogP contribution is -2.38. The van der Waals surface area contributed by atoms with E-state index in [-0.39, 0.29) is 17.5 Å². The number of furan rings is 1. The summed E-state index contributed by atoms with van der Waals surface area (Å²) in [5.74, 6) is 0.818. The van der Waals surface area contributed by atoms with Crippen LogP contribution in [0.4, 0.5) is 0 Å². The van der Waals surface area contributed by atoms with Crippen molar-refractivity contribution in [3.05, 3.63) is 89.3 Å². The van der Waals surface area contributed by atoms with Gasteiger partial charge in [0.2, 0.25) is 10.0 Å². The fraction of sp³-hybridized carbons (Fsp3) is 0.304. The molecule has 1 atom stereocenters. The quantitative estimate of drug-likeness (QED) is 0.401. The summed E-state index contributed by atoms with van der Waals surface area (Å²) < 4.78 is 39.3. The van der Waals surface area contributed by atoms with Gasteiger partial charge in [0.1, 0.15) is 5.76 Å². The van der Waals surface area contributed by atoms with E-state index in [4.69, 9.17) is 20.8 Å². The van der Waals surface area contributed by atoms with E-state index in [0.29, 0.717) is 18.2 Å². The van der Waals surface area contributed by atoms with Gasteiger partial charge in [-0.2, -0.15) is 0 Å². The van der Waals surface area contributed by atoms with Crippen LogP contribution in [0.25, 0.3) is 0 Å². The maximum atomic E-state index is 12.9. The lowest BCUT2D eigenvalue weighted by atomic mass is 10.0. The zero-order chi connectivity index (χ0) is 22.1. The predicted molar refractivity (Wildman–Crippen MR) is 121 cm³/mol. The van der Waals surface area contributed by atoms with Gasteiger partial charge in [0, 0.05) is 37.9 Å². The second kappa shape index (κ2) is 11.5. The van der Waals surface area contributed by atoms with Gasteiger partial charge in [-0.25, -0.2) is 13.1 Å². The van der Waals surface area contributed by atoms with Crippen LogP contribution in [0.15, 0.2) is 82.3 Å². The number of hydrogen-bond donors (Lipinski definition) is 1.